The van der Waals surface area contributed by atoms with Crippen LogP contribution in [0.4, 0.5) is 0 Å². The van der Waals surface area contributed by atoms with E-state index < -0.39 is 5.97 Å². The van der Waals surface area contributed by atoms with Gasteiger partial charge in [-0.05, 0) is 23.8 Å². The summed E-state index contributed by atoms with van der Waals surface area (Å²) in [6.45, 7) is 0. The average Bonchev–Trinajstić information content (AvgIpc) is 3.11. The van der Waals surface area contributed by atoms with E-state index in [1.54, 1.807) is 18.2 Å². The number of halogens is 1. The Morgan fingerprint density at radius 3 is 2.50 bits per heavy atom. The molecule has 0 N–H and O–H groups in total. The topological polar surface area (TPSA) is 39.2 Å². The Morgan fingerprint density at radius 2 is 1.83 bits per heavy atom. The number of benzene rings is 2. The molecule has 3 rings (SSSR count). The Balaban J connectivity index is 2.00. The summed E-state index contributed by atoms with van der Waals surface area (Å²) >= 11 is 7.32. The highest BCUT2D eigenvalue weighted by Gasteiger charge is 2.17. The summed E-state index contributed by atoms with van der Waals surface area (Å²) in [5.74, 6) is -0.418. The van der Waals surface area contributed by atoms with Crippen molar-refractivity contribution < 1.29 is 9.53 Å². The first-order valence-corrected chi connectivity index (χ1v) is 8.50. The lowest BCUT2D eigenvalue weighted by Crippen LogP contribution is -2.03. The van der Waals surface area contributed by atoms with E-state index in [1.165, 1.54) is 18.4 Å². The fraction of sp³-hybridized carbons (Fsp3) is 0.0526. The van der Waals surface area contributed by atoms with Gasteiger partial charge in [-0.15, -0.1) is 11.3 Å². The number of hydrogen-bond acceptors (Lipinski definition) is 4. The van der Waals surface area contributed by atoms with Crippen LogP contribution in [-0.2, 0) is 9.53 Å². The van der Waals surface area contributed by atoms with E-state index in [4.69, 9.17) is 16.3 Å². The molecular formula is C19H14ClNO2S. The Kier molecular flexibility index (Phi) is 5.08. The number of methoxy groups -OCH3 is 1. The largest absolute Gasteiger partial charge is 0.465 e. The lowest BCUT2D eigenvalue weighted by atomic mass is 10.1. The minimum absolute atomic E-state index is 0.418. The number of aromatic nitrogens is 1. The molecule has 1 heterocycles. The fourth-order valence-electron chi connectivity index (χ4n) is 2.18. The van der Waals surface area contributed by atoms with Crippen LogP contribution in [0.15, 0.2) is 60.0 Å². The van der Waals surface area contributed by atoms with Crippen molar-refractivity contribution >= 4 is 40.6 Å². The molecule has 0 spiro atoms. The number of carbonyl (C=O) groups is 1. The molecule has 24 heavy (non-hydrogen) atoms. The van der Waals surface area contributed by atoms with Gasteiger partial charge in [-0.2, -0.15) is 0 Å². The number of ether oxygens (including phenoxy) is 1. The van der Waals surface area contributed by atoms with Gasteiger partial charge in [-0.3, -0.25) is 0 Å². The number of rotatable bonds is 4. The monoisotopic (exact) mass is 355 g/mol. The molecule has 0 aliphatic heterocycles. The van der Waals surface area contributed by atoms with E-state index in [9.17, 15) is 4.79 Å². The molecule has 0 fully saturated rings. The van der Waals surface area contributed by atoms with Crippen molar-refractivity contribution in [3.05, 3.63) is 75.6 Å². The summed E-state index contributed by atoms with van der Waals surface area (Å²) in [4.78, 5) is 16.8. The molecule has 0 amide bonds. The van der Waals surface area contributed by atoms with Gasteiger partial charge in [0.15, 0.2) is 0 Å². The molecule has 0 bridgehead atoms. The van der Waals surface area contributed by atoms with Crippen LogP contribution in [0.1, 0.15) is 10.6 Å². The van der Waals surface area contributed by atoms with Gasteiger partial charge in [-0.25, -0.2) is 9.78 Å². The number of carbonyl (C=O) groups excluding carboxylic acids is 1. The van der Waals surface area contributed by atoms with Crippen molar-refractivity contribution in [3.8, 4) is 11.3 Å². The second kappa shape index (κ2) is 7.43. The third-order valence-electron chi connectivity index (χ3n) is 3.39. The van der Waals surface area contributed by atoms with Gasteiger partial charge in [0.2, 0.25) is 0 Å². The molecule has 5 heteroatoms. The predicted octanol–water partition coefficient (Wildman–Crippen LogP) is 5.18. The highest BCUT2D eigenvalue weighted by molar-refractivity contribution is 7.11. The molecule has 0 radical (unpaired) electrons. The van der Waals surface area contributed by atoms with Gasteiger partial charge in [-0.1, -0.05) is 54.1 Å². The van der Waals surface area contributed by atoms with Crippen molar-refractivity contribution in [1.82, 2.24) is 4.98 Å². The highest BCUT2D eigenvalue weighted by Crippen LogP contribution is 2.28. The van der Waals surface area contributed by atoms with Gasteiger partial charge in [0, 0.05) is 16.0 Å². The van der Waals surface area contributed by atoms with Crippen LogP contribution in [0, 0.1) is 0 Å². The molecule has 0 saturated carbocycles. The maximum absolute atomic E-state index is 12.2. The first kappa shape index (κ1) is 16.4. The van der Waals surface area contributed by atoms with Crippen LogP contribution >= 0.6 is 22.9 Å². The number of hydrogen-bond donors (Lipinski definition) is 0. The normalized spacial score (nSPS) is 11.3. The molecule has 0 aliphatic carbocycles. The predicted molar refractivity (Wildman–Crippen MR) is 98.9 cm³/mol. The second-order valence-corrected chi connectivity index (χ2v) is 6.30. The highest BCUT2D eigenvalue weighted by atomic mass is 35.5. The Hall–Kier alpha value is -2.43. The number of esters is 1. The first-order chi connectivity index (χ1) is 11.7. The van der Waals surface area contributed by atoms with Gasteiger partial charge < -0.3 is 4.74 Å². The third-order valence-corrected chi connectivity index (χ3v) is 4.52. The van der Waals surface area contributed by atoms with E-state index >= 15 is 0 Å². The summed E-state index contributed by atoms with van der Waals surface area (Å²) in [6, 6.07) is 17.1. The zero-order valence-corrected chi connectivity index (χ0v) is 14.5. The second-order valence-electron chi connectivity index (χ2n) is 5.01. The van der Waals surface area contributed by atoms with Crippen LogP contribution in [0.2, 0.25) is 5.02 Å². The van der Waals surface area contributed by atoms with Crippen LogP contribution in [-0.4, -0.2) is 18.1 Å². The van der Waals surface area contributed by atoms with E-state index in [1.807, 2.05) is 47.8 Å². The summed E-state index contributed by atoms with van der Waals surface area (Å²) in [5, 5.41) is 3.20. The summed E-state index contributed by atoms with van der Waals surface area (Å²) in [6.07, 6.45) is 1.76. The fourth-order valence-corrected chi connectivity index (χ4v) is 3.14. The zero-order valence-electron chi connectivity index (χ0n) is 12.9. The van der Waals surface area contributed by atoms with Crippen molar-refractivity contribution in [2.24, 2.45) is 0 Å². The first-order valence-electron chi connectivity index (χ1n) is 7.24. The number of thiazole rings is 1. The molecule has 3 nitrogen and oxygen atoms in total. The number of nitrogens with zero attached hydrogens (tertiary/aromatic N) is 1. The van der Waals surface area contributed by atoms with E-state index in [-0.39, 0.29) is 0 Å². The molecular weight excluding hydrogens is 342 g/mol. The van der Waals surface area contributed by atoms with Crippen LogP contribution in [0.25, 0.3) is 22.9 Å². The minimum Gasteiger partial charge on any atom is -0.465 e. The Morgan fingerprint density at radius 1 is 1.12 bits per heavy atom. The van der Waals surface area contributed by atoms with Crippen LogP contribution in [0.5, 0.6) is 0 Å². The summed E-state index contributed by atoms with van der Waals surface area (Å²) in [7, 11) is 1.36. The van der Waals surface area contributed by atoms with Crippen molar-refractivity contribution in [3.63, 3.8) is 0 Å². The van der Waals surface area contributed by atoms with Gasteiger partial charge in [0.1, 0.15) is 5.01 Å². The van der Waals surface area contributed by atoms with Crippen molar-refractivity contribution in [2.45, 2.75) is 0 Å². The van der Waals surface area contributed by atoms with Crippen LogP contribution < -0.4 is 0 Å². The van der Waals surface area contributed by atoms with Gasteiger partial charge >= 0.3 is 5.97 Å². The molecule has 0 unspecified atom stereocenters. The van der Waals surface area contributed by atoms with Gasteiger partial charge in [0.25, 0.3) is 0 Å². The lowest BCUT2D eigenvalue weighted by molar-refractivity contribution is -0.133. The maximum Gasteiger partial charge on any atom is 0.340 e. The Labute approximate surface area is 149 Å². The molecule has 3 aromatic rings. The standard InChI is InChI=1S/C19H14ClNO2S/c1-23-19(22)16(11-13-7-9-15(20)10-8-13)18-21-17(12-24-18)14-5-3-2-4-6-14/h2-12H,1H3/b16-11-. The molecule has 0 saturated heterocycles. The average molecular weight is 356 g/mol. The van der Waals surface area contributed by atoms with E-state index in [0.29, 0.717) is 15.6 Å². The molecule has 0 atom stereocenters. The molecule has 1 aromatic heterocycles. The van der Waals surface area contributed by atoms with Crippen LogP contribution in [0.3, 0.4) is 0 Å². The lowest BCUT2D eigenvalue weighted by Gasteiger charge is -2.03. The molecule has 2 aromatic carbocycles. The zero-order chi connectivity index (χ0) is 16.9. The van der Waals surface area contributed by atoms with Crippen molar-refractivity contribution in [1.29, 1.82) is 0 Å². The quantitative estimate of drug-likeness (QED) is 0.478. The summed E-state index contributed by atoms with van der Waals surface area (Å²) < 4.78 is 4.91. The van der Waals surface area contributed by atoms with Gasteiger partial charge in [0.05, 0.1) is 18.4 Å². The maximum atomic E-state index is 12.2. The summed E-state index contributed by atoms with van der Waals surface area (Å²) in [5.41, 5.74) is 3.13. The molecule has 120 valence electrons. The Bertz CT molecular complexity index is 870. The third kappa shape index (κ3) is 3.72. The minimum atomic E-state index is -0.418. The van der Waals surface area contributed by atoms with E-state index in [0.717, 1.165) is 16.8 Å². The molecule has 0 aliphatic rings. The smallest absolute Gasteiger partial charge is 0.340 e. The van der Waals surface area contributed by atoms with Crippen molar-refractivity contribution in [2.75, 3.05) is 7.11 Å². The van der Waals surface area contributed by atoms with E-state index in [2.05, 4.69) is 4.98 Å². The SMILES string of the molecule is COC(=O)/C(=C\c1ccc(Cl)cc1)c1nc(-c2ccccc2)cs1.